The SMILES string of the molecule is CCN1CCC(CNCc2ccnc(C#N)c2)C1. The van der Waals surface area contributed by atoms with Crippen molar-refractivity contribution in [3.8, 4) is 6.07 Å². The Labute approximate surface area is 109 Å². The lowest BCUT2D eigenvalue weighted by atomic mass is 10.1. The summed E-state index contributed by atoms with van der Waals surface area (Å²) in [4.78, 5) is 6.46. The summed E-state index contributed by atoms with van der Waals surface area (Å²) < 4.78 is 0. The van der Waals surface area contributed by atoms with Crippen LogP contribution in [0.1, 0.15) is 24.6 Å². The van der Waals surface area contributed by atoms with Gasteiger partial charge in [-0.15, -0.1) is 0 Å². The first kappa shape index (κ1) is 13.0. The zero-order valence-corrected chi connectivity index (χ0v) is 10.9. The molecule has 1 unspecified atom stereocenters. The monoisotopic (exact) mass is 244 g/mol. The van der Waals surface area contributed by atoms with Gasteiger partial charge in [-0.05, 0) is 49.7 Å². The molecule has 0 aliphatic carbocycles. The van der Waals surface area contributed by atoms with Gasteiger partial charge in [0.15, 0.2) is 0 Å². The highest BCUT2D eigenvalue weighted by Gasteiger charge is 2.20. The van der Waals surface area contributed by atoms with Crippen LogP contribution in [0.4, 0.5) is 0 Å². The van der Waals surface area contributed by atoms with Crippen molar-refractivity contribution in [1.29, 1.82) is 5.26 Å². The molecule has 1 aromatic rings. The highest BCUT2D eigenvalue weighted by atomic mass is 15.1. The van der Waals surface area contributed by atoms with Gasteiger partial charge in [0.1, 0.15) is 11.8 Å². The second-order valence-electron chi connectivity index (χ2n) is 4.84. The minimum absolute atomic E-state index is 0.493. The van der Waals surface area contributed by atoms with Crippen molar-refractivity contribution in [1.82, 2.24) is 15.2 Å². The van der Waals surface area contributed by atoms with E-state index < -0.39 is 0 Å². The summed E-state index contributed by atoms with van der Waals surface area (Å²) in [5.41, 5.74) is 1.62. The lowest BCUT2D eigenvalue weighted by Crippen LogP contribution is -2.26. The van der Waals surface area contributed by atoms with Gasteiger partial charge in [0, 0.05) is 19.3 Å². The summed E-state index contributed by atoms with van der Waals surface area (Å²) in [5, 5.41) is 12.3. The molecule has 0 bridgehead atoms. The van der Waals surface area contributed by atoms with E-state index in [0.29, 0.717) is 5.69 Å². The van der Waals surface area contributed by atoms with E-state index in [9.17, 15) is 0 Å². The lowest BCUT2D eigenvalue weighted by molar-refractivity contribution is 0.339. The van der Waals surface area contributed by atoms with Crippen LogP contribution in [0.15, 0.2) is 18.3 Å². The highest BCUT2D eigenvalue weighted by molar-refractivity contribution is 5.25. The predicted molar refractivity (Wildman–Crippen MR) is 70.9 cm³/mol. The quantitative estimate of drug-likeness (QED) is 0.850. The summed E-state index contributed by atoms with van der Waals surface area (Å²) in [5.74, 6) is 0.766. The van der Waals surface area contributed by atoms with Crippen molar-refractivity contribution in [3.05, 3.63) is 29.6 Å². The summed E-state index contributed by atoms with van der Waals surface area (Å²) in [6, 6.07) is 5.87. The van der Waals surface area contributed by atoms with Gasteiger partial charge in [0.2, 0.25) is 0 Å². The molecule has 1 saturated heterocycles. The van der Waals surface area contributed by atoms with Crippen LogP contribution in [0.2, 0.25) is 0 Å². The Kier molecular flexibility index (Phi) is 4.68. The molecule has 4 nitrogen and oxygen atoms in total. The lowest BCUT2D eigenvalue weighted by Gasteiger charge is -2.13. The molecule has 0 spiro atoms. The molecule has 1 aromatic heterocycles. The largest absolute Gasteiger partial charge is 0.312 e. The summed E-state index contributed by atoms with van der Waals surface area (Å²) in [6.07, 6.45) is 2.99. The van der Waals surface area contributed by atoms with Crippen LogP contribution >= 0.6 is 0 Å². The molecule has 1 atom stereocenters. The van der Waals surface area contributed by atoms with Gasteiger partial charge in [-0.2, -0.15) is 5.26 Å². The normalized spacial score (nSPS) is 19.9. The van der Waals surface area contributed by atoms with Crippen LogP contribution in [0.25, 0.3) is 0 Å². The third kappa shape index (κ3) is 3.52. The molecule has 1 fully saturated rings. The predicted octanol–water partition coefficient (Wildman–Crippen LogP) is 1.38. The van der Waals surface area contributed by atoms with Gasteiger partial charge >= 0.3 is 0 Å². The topological polar surface area (TPSA) is 52.0 Å². The molecule has 0 saturated carbocycles. The van der Waals surface area contributed by atoms with Crippen LogP contribution in [0.3, 0.4) is 0 Å². The molecule has 2 rings (SSSR count). The fourth-order valence-electron chi connectivity index (χ4n) is 2.43. The number of rotatable bonds is 5. The average molecular weight is 244 g/mol. The molecule has 96 valence electrons. The number of pyridine rings is 1. The van der Waals surface area contributed by atoms with Crippen LogP contribution in [-0.4, -0.2) is 36.1 Å². The zero-order chi connectivity index (χ0) is 12.8. The number of nitriles is 1. The highest BCUT2D eigenvalue weighted by Crippen LogP contribution is 2.14. The van der Waals surface area contributed by atoms with E-state index in [1.54, 1.807) is 6.20 Å². The van der Waals surface area contributed by atoms with E-state index in [1.165, 1.54) is 19.5 Å². The van der Waals surface area contributed by atoms with Gasteiger partial charge in [0.05, 0.1) is 0 Å². The molecular weight excluding hydrogens is 224 g/mol. The Balaban J connectivity index is 1.74. The minimum atomic E-state index is 0.493. The van der Waals surface area contributed by atoms with E-state index in [2.05, 4.69) is 28.2 Å². The summed E-state index contributed by atoms with van der Waals surface area (Å²) in [7, 11) is 0. The van der Waals surface area contributed by atoms with Gasteiger partial charge < -0.3 is 10.2 Å². The van der Waals surface area contributed by atoms with Crippen molar-refractivity contribution >= 4 is 0 Å². The average Bonchev–Trinajstić information content (AvgIpc) is 2.87. The maximum atomic E-state index is 8.78. The van der Waals surface area contributed by atoms with Crippen molar-refractivity contribution in [2.24, 2.45) is 5.92 Å². The molecular formula is C14H20N4. The molecule has 18 heavy (non-hydrogen) atoms. The summed E-state index contributed by atoms with van der Waals surface area (Å²) >= 11 is 0. The van der Waals surface area contributed by atoms with Crippen LogP contribution in [0.5, 0.6) is 0 Å². The minimum Gasteiger partial charge on any atom is -0.312 e. The maximum absolute atomic E-state index is 8.78. The first-order valence-corrected chi connectivity index (χ1v) is 6.60. The van der Waals surface area contributed by atoms with Gasteiger partial charge in [-0.1, -0.05) is 6.92 Å². The number of nitrogens with zero attached hydrogens (tertiary/aromatic N) is 3. The second kappa shape index (κ2) is 6.48. The van der Waals surface area contributed by atoms with Crippen molar-refractivity contribution < 1.29 is 0 Å². The Morgan fingerprint density at radius 2 is 2.50 bits per heavy atom. The molecule has 0 amide bonds. The Morgan fingerprint density at radius 3 is 3.22 bits per heavy atom. The third-order valence-electron chi connectivity index (χ3n) is 3.52. The Bertz CT molecular complexity index is 424. The third-order valence-corrected chi connectivity index (χ3v) is 3.52. The number of nitrogens with one attached hydrogen (secondary N) is 1. The first-order valence-electron chi connectivity index (χ1n) is 6.60. The number of hydrogen-bond acceptors (Lipinski definition) is 4. The van der Waals surface area contributed by atoms with E-state index in [0.717, 1.165) is 31.1 Å². The first-order chi connectivity index (χ1) is 8.81. The van der Waals surface area contributed by atoms with E-state index >= 15 is 0 Å². The Hall–Kier alpha value is -1.44. The smallest absolute Gasteiger partial charge is 0.140 e. The second-order valence-corrected chi connectivity index (χ2v) is 4.84. The number of likely N-dealkylation sites (tertiary alicyclic amines) is 1. The standard InChI is InChI=1S/C14H20N4/c1-2-18-6-4-13(11-18)10-16-9-12-3-5-17-14(7-12)8-15/h3,5,7,13,16H,2,4,6,9-11H2,1H3. The van der Waals surface area contributed by atoms with Crippen molar-refractivity contribution in [3.63, 3.8) is 0 Å². The van der Waals surface area contributed by atoms with Crippen molar-refractivity contribution in [2.45, 2.75) is 19.9 Å². The van der Waals surface area contributed by atoms with E-state index in [-0.39, 0.29) is 0 Å². The molecule has 0 radical (unpaired) electrons. The van der Waals surface area contributed by atoms with Crippen LogP contribution in [-0.2, 0) is 6.54 Å². The number of hydrogen-bond donors (Lipinski definition) is 1. The summed E-state index contributed by atoms with van der Waals surface area (Å²) in [6.45, 7) is 7.70. The molecule has 0 aromatic carbocycles. The molecule has 1 aliphatic rings. The van der Waals surface area contributed by atoms with Crippen LogP contribution < -0.4 is 5.32 Å². The fraction of sp³-hybridized carbons (Fsp3) is 0.571. The van der Waals surface area contributed by atoms with E-state index in [1.807, 2.05) is 12.1 Å². The number of aromatic nitrogens is 1. The van der Waals surface area contributed by atoms with Gasteiger partial charge in [0.25, 0.3) is 0 Å². The van der Waals surface area contributed by atoms with Crippen molar-refractivity contribution in [2.75, 3.05) is 26.2 Å². The zero-order valence-electron chi connectivity index (χ0n) is 10.9. The maximum Gasteiger partial charge on any atom is 0.140 e. The molecule has 4 heteroatoms. The van der Waals surface area contributed by atoms with Gasteiger partial charge in [-0.3, -0.25) is 0 Å². The van der Waals surface area contributed by atoms with E-state index in [4.69, 9.17) is 5.26 Å². The van der Waals surface area contributed by atoms with Gasteiger partial charge in [-0.25, -0.2) is 4.98 Å². The fourth-order valence-corrected chi connectivity index (χ4v) is 2.43. The molecule has 1 aliphatic heterocycles. The molecule has 2 heterocycles. The Morgan fingerprint density at radius 1 is 1.61 bits per heavy atom. The van der Waals surface area contributed by atoms with Crippen LogP contribution in [0, 0.1) is 17.2 Å². The molecule has 1 N–H and O–H groups in total.